The van der Waals surface area contributed by atoms with E-state index in [-0.39, 0.29) is 5.82 Å². The van der Waals surface area contributed by atoms with Gasteiger partial charge in [0, 0.05) is 5.57 Å². The van der Waals surface area contributed by atoms with Gasteiger partial charge >= 0.3 is 0 Å². The van der Waals surface area contributed by atoms with Gasteiger partial charge in [0.15, 0.2) is 0 Å². The monoisotopic (exact) mass is 198 g/mol. The summed E-state index contributed by atoms with van der Waals surface area (Å²) in [5.74, 6) is 0.274. The van der Waals surface area contributed by atoms with Gasteiger partial charge in [0.25, 0.3) is 0 Å². The van der Waals surface area contributed by atoms with E-state index in [4.69, 9.17) is 16.3 Å². The van der Waals surface area contributed by atoms with Gasteiger partial charge in [0.2, 0.25) is 0 Å². The van der Waals surface area contributed by atoms with Gasteiger partial charge in [0.05, 0.1) is 5.71 Å². The van der Waals surface area contributed by atoms with Crippen LogP contribution in [0.2, 0.25) is 0 Å². The fourth-order valence-electron chi connectivity index (χ4n) is 0.602. The molecule has 4 nitrogen and oxygen atoms in total. The lowest BCUT2D eigenvalue weighted by atomic mass is 10.1. The topological polar surface area (TPSA) is 88.2 Å². The second kappa shape index (κ2) is 5.55. The Morgan fingerprint density at radius 3 is 2.46 bits per heavy atom. The van der Waals surface area contributed by atoms with E-state index in [1.165, 1.54) is 0 Å². The average Bonchev–Trinajstić information content (AvgIpc) is 2.14. The predicted octanol–water partition coefficient (Wildman–Crippen LogP) is 1.41. The van der Waals surface area contributed by atoms with E-state index >= 15 is 0 Å². The Balaban J connectivity index is 4.73. The summed E-state index contributed by atoms with van der Waals surface area (Å²) in [6, 6.07) is 0. The van der Waals surface area contributed by atoms with Crippen molar-refractivity contribution in [2.75, 3.05) is 0 Å². The van der Waals surface area contributed by atoms with Gasteiger partial charge in [-0.3, -0.25) is 5.14 Å². The van der Waals surface area contributed by atoms with Crippen LogP contribution in [0.15, 0.2) is 27.4 Å². The fraction of sp³-hybridized carbons (Fsp3) is 0.250. The second-order valence-corrected chi connectivity index (χ2v) is 3.33. The lowest BCUT2D eigenvalue weighted by Gasteiger charge is -2.01. The second-order valence-electron chi connectivity index (χ2n) is 2.45. The van der Waals surface area contributed by atoms with Gasteiger partial charge < -0.3 is 11.1 Å². The number of aliphatic imine (C=N–C) groups is 1. The standard InChI is InChI=1S/C8H14N4S/c1-5(13-11)4-7(9)6(2)8(10)12-3/h4,9H,3,10-11H2,1-2H3/b5-4+,8-6-,9-7?. The largest absolute Gasteiger partial charge is 0.383 e. The summed E-state index contributed by atoms with van der Waals surface area (Å²) in [5, 5.41) is 12.9. The molecule has 0 aromatic rings. The lowest BCUT2D eigenvalue weighted by Crippen LogP contribution is -2.04. The summed E-state index contributed by atoms with van der Waals surface area (Å²) in [5.41, 5.74) is 6.38. The van der Waals surface area contributed by atoms with Crippen LogP contribution >= 0.6 is 11.9 Å². The van der Waals surface area contributed by atoms with Crippen molar-refractivity contribution in [3.63, 3.8) is 0 Å². The highest BCUT2D eigenvalue weighted by Gasteiger charge is 2.01. The minimum atomic E-state index is 0.274. The van der Waals surface area contributed by atoms with E-state index < -0.39 is 0 Å². The molecule has 0 aromatic carbocycles. The van der Waals surface area contributed by atoms with Gasteiger partial charge in [-0.1, -0.05) is 11.9 Å². The predicted molar refractivity (Wildman–Crippen MR) is 59.7 cm³/mol. The van der Waals surface area contributed by atoms with Crippen LogP contribution in [-0.2, 0) is 0 Å². The smallest absolute Gasteiger partial charge is 0.127 e. The molecule has 0 unspecified atom stereocenters. The van der Waals surface area contributed by atoms with Crippen LogP contribution in [-0.4, -0.2) is 12.4 Å². The first-order valence-electron chi connectivity index (χ1n) is 3.60. The number of nitrogens with one attached hydrogen (secondary N) is 1. The maximum absolute atomic E-state index is 7.59. The molecule has 0 saturated carbocycles. The highest BCUT2D eigenvalue weighted by Crippen LogP contribution is 2.09. The Kier molecular flexibility index (Phi) is 5.10. The Hall–Kier alpha value is -1.07. The van der Waals surface area contributed by atoms with E-state index in [2.05, 4.69) is 11.7 Å². The Labute approximate surface area is 82.4 Å². The van der Waals surface area contributed by atoms with Crippen LogP contribution < -0.4 is 10.9 Å². The van der Waals surface area contributed by atoms with Crippen molar-refractivity contribution >= 4 is 24.4 Å². The van der Waals surface area contributed by atoms with Gasteiger partial charge in [0.1, 0.15) is 5.82 Å². The Morgan fingerprint density at radius 2 is 2.08 bits per heavy atom. The van der Waals surface area contributed by atoms with Crippen molar-refractivity contribution in [3.05, 3.63) is 22.4 Å². The average molecular weight is 198 g/mol. The molecule has 0 atom stereocenters. The Morgan fingerprint density at radius 1 is 1.54 bits per heavy atom. The van der Waals surface area contributed by atoms with Crippen LogP contribution in [0.1, 0.15) is 13.8 Å². The SMILES string of the molecule is C=N/C(N)=C(/C)C(=N)/C=C(\C)SN. The van der Waals surface area contributed by atoms with E-state index in [1.54, 1.807) is 13.0 Å². The zero-order valence-electron chi connectivity index (χ0n) is 7.79. The van der Waals surface area contributed by atoms with Gasteiger partial charge in [-0.2, -0.15) is 0 Å². The zero-order valence-corrected chi connectivity index (χ0v) is 8.61. The number of rotatable bonds is 4. The van der Waals surface area contributed by atoms with Gasteiger partial charge in [-0.05, 0) is 31.5 Å². The summed E-state index contributed by atoms with van der Waals surface area (Å²) >= 11 is 1.10. The molecule has 0 saturated heterocycles. The molecular weight excluding hydrogens is 184 g/mol. The van der Waals surface area contributed by atoms with E-state index in [0.717, 1.165) is 16.9 Å². The number of nitrogens with two attached hydrogens (primary N) is 2. The molecule has 0 aromatic heterocycles. The molecule has 0 fully saturated rings. The Bertz CT molecular complexity index is 278. The minimum Gasteiger partial charge on any atom is -0.383 e. The third kappa shape index (κ3) is 3.91. The minimum absolute atomic E-state index is 0.274. The van der Waals surface area contributed by atoms with Crippen molar-refractivity contribution in [1.82, 2.24) is 0 Å². The number of hydrogen-bond donors (Lipinski definition) is 3. The third-order valence-corrected chi connectivity index (χ3v) is 1.98. The first-order valence-corrected chi connectivity index (χ1v) is 4.48. The van der Waals surface area contributed by atoms with Crippen molar-refractivity contribution in [2.45, 2.75) is 13.8 Å². The van der Waals surface area contributed by atoms with Crippen LogP contribution in [0.3, 0.4) is 0 Å². The molecule has 0 bridgehead atoms. The first-order chi connectivity index (χ1) is 6.02. The molecule has 5 heteroatoms. The molecule has 0 aliphatic carbocycles. The molecule has 5 N–H and O–H groups in total. The van der Waals surface area contributed by atoms with E-state index in [9.17, 15) is 0 Å². The molecule has 0 rings (SSSR count). The van der Waals surface area contributed by atoms with Crippen molar-refractivity contribution in [1.29, 1.82) is 5.41 Å². The number of nitrogens with zero attached hydrogens (tertiary/aromatic N) is 1. The van der Waals surface area contributed by atoms with Crippen LogP contribution in [0.5, 0.6) is 0 Å². The molecule has 0 spiro atoms. The summed E-state index contributed by atoms with van der Waals surface area (Å²) in [4.78, 5) is 4.39. The zero-order chi connectivity index (χ0) is 10.4. The van der Waals surface area contributed by atoms with Crippen molar-refractivity contribution < 1.29 is 0 Å². The quantitative estimate of drug-likeness (QED) is 0.471. The summed E-state index contributed by atoms with van der Waals surface area (Å²) < 4.78 is 0. The molecule has 13 heavy (non-hydrogen) atoms. The first kappa shape index (κ1) is 11.9. The fourth-order valence-corrected chi connectivity index (χ4v) is 0.788. The summed E-state index contributed by atoms with van der Waals surface area (Å²) in [6.07, 6.45) is 1.64. The van der Waals surface area contributed by atoms with Crippen molar-refractivity contribution in [3.8, 4) is 0 Å². The van der Waals surface area contributed by atoms with Crippen LogP contribution in [0.25, 0.3) is 0 Å². The number of allylic oxidation sites excluding steroid dienone is 3. The maximum atomic E-state index is 7.59. The molecule has 0 amide bonds. The summed E-state index contributed by atoms with van der Waals surface area (Å²) in [6.45, 7) is 6.83. The summed E-state index contributed by atoms with van der Waals surface area (Å²) in [7, 11) is 0. The normalized spacial score (nSPS) is 13.6. The highest BCUT2D eigenvalue weighted by atomic mass is 32.2. The van der Waals surface area contributed by atoms with E-state index in [1.807, 2.05) is 6.92 Å². The highest BCUT2D eigenvalue weighted by molar-refractivity contribution is 8.00. The van der Waals surface area contributed by atoms with E-state index in [0.29, 0.717) is 11.3 Å². The van der Waals surface area contributed by atoms with Crippen LogP contribution in [0, 0.1) is 5.41 Å². The molecule has 0 aliphatic rings. The maximum Gasteiger partial charge on any atom is 0.127 e. The van der Waals surface area contributed by atoms with Gasteiger partial charge in [-0.15, -0.1) is 0 Å². The van der Waals surface area contributed by atoms with Crippen LogP contribution in [0.4, 0.5) is 0 Å². The number of hydrogen-bond acceptors (Lipinski definition) is 5. The third-order valence-electron chi connectivity index (χ3n) is 1.49. The molecular formula is C8H14N4S. The van der Waals surface area contributed by atoms with Gasteiger partial charge in [-0.25, -0.2) is 4.99 Å². The molecule has 72 valence electrons. The molecule has 0 heterocycles. The lowest BCUT2D eigenvalue weighted by molar-refractivity contribution is 1.21. The molecule has 0 aliphatic heterocycles. The van der Waals surface area contributed by atoms with Crippen molar-refractivity contribution in [2.24, 2.45) is 15.9 Å². The molecule has 0 radical (unpaired) electrons.